The third kappa shape index (κ3) is 6.61. The molecule has 0 N–H and O–H groups in total. The van der Waals surface area contributed by atoms with Crippen LogP contribution in [-0.2, 0) is 4.74 Å². The van der Waals surface area contributed by atoms with Crippen LogP contribution >= 0.6 is 0 Å². The second-order valence-electron chi connectivity index (χ2n) is 8.66. The Morgan fingerprint density at radius 2 is 1.71 bits per heavy atom. The quantitative estimate of drug-likeness (QED) is 0.248. The molecule has 2 fully saturated rings. The third-order valence-electron chi connectivity index (χ3n) is 6.60. The predicted octanol–water partition coefficient (Wildman–Crippen LogP) is 1.97. The van der Waals surface area contributed by atoms with Gasteiger partial charge < -0.3 is 37.9 Å². The van der Waals surface area contributed by atoms with Gasteiger partial charge in [0.1, 0.15) is 5.75 Å². The lowest BCUT2D eigenvalue weighted by Crippen LogP contribution is -3.00. The third-order valence-corrected chi connectivity index (χ3v) is 6.60. The lowest BCUT2D eigenvalue weighted by Gasteiger charge is -2.43. The molecule has 2 atom stereocenters. The highest BCUT2D eigenvalue weighted by Crippen LogP contribution is 2.25. The smallest absolute Gasteiger partial charge is 0.338 e. The maximum Gasteiger partial charge on any atom is 0.338 e. The molecule has 1 aromatic rings. The molecule has 1 aromatic carbocycles. The minimum Gasteiger partial charge on any atom is -1.00 e. The zero-order valence-electron chi connectivity index (χ0n) is 17.5. The summed E-state index contributed by atoms with van der Waals surface area (Å²) in [5.41, 5.74) is 0.609. The molecular formula is C23H36INO3. The number of halogens is 1. The van der Waals surface area contributed by atoms with Gasteiger partial charge in [0.2, 0.25) is 0 Å². The molecule has 0 radical (unpaired) electrons. The second-order valence-corrected chi connectivity index (χ2v) is 8.66. The van der Waals surface area contributed by atoms with Crippen LogP contribution in [0.2, 0.25) is 0 Å². The lowest BCUT2D eigenvalue weighted by atomic mass is 9.98. The number of quaternary nitrogens is 1. The van der Waals surface area contributed by atoms with Gasteiger partial charge in [0, 0.05) is 6.42 Å². The number of likely N-dealkylation sites (tertiary alicyclic amines) is 1. The molecule has 1 saturated carbocycles. The SMILES string of the molecule is CC1CCCC[N+]1(C)CCCOC(=O)c1ccc(OC2CCCCC2)cc1.[I-]. The Hall–Kier alpha value is -0.820. The van der Waals surface area contributed by atoms with Crippen molar-refractivity contribution in [2.24, 2.45) is 0 Å². The molecule has 2 aliphatic rings. The summed E-state index contributed by atoms with van der Waals surface area (Å²) in [6, 6.07) is 8.15. The summed E-state index contributed by atoms with van der Waals surface area (Å²) in [4.78, 5) is 12.3. The van der Waals surface area contributed by atoms with E-state index in [0.717, 1.165) is 36.0 Å². The van der Waals surface area contributed by atoms with Crippen molar-refractivity contribution in [2.45, 2.75) is 76.9 Å². The Morgan fingerprint density at radius 1 is 1.04 bits per heavy atom. The Morgan fingerprint density at radius 3 is 2.39 bits per heavy atom. The summed E-state index contributed by atoms with van der Waals surface area (Å²) in [6.45, 7) is 5.18. The van der Waals surface area contributed by atoms with Crippen LogP contribution in [0.3, 0.4) is 0 Å². The first-order chi connectivity index (χ1) is 13.1. The number of rotatable bonds is 7. The van der Waals surface area contributed by atoms with Gasteiger partial charge >= 0.3 is 5.97 Å². The number of hydrogen-bond donors (Lipinski definition) is 0. The number of hydrogen-bond acceptors (Lipinski definition) is 3. The molecule has 1 saturated heterocycles. The molecule has 0 spiro atoms. The first-order valence-corrected chi connectivity index (χ1v) is 10.8. The van der Waals surface area contributed by atoms with Gasteiger partial charge in [-0.3, -0.25) is 0 Å². The zero-order valence-corrected chi connectivity index (χ0v) is 19.7. The van der Waals surface area contributed by atoms with Crippen molar-refractivity contribution in [1.82, 2.24) is 0 Å². The molecular weight excluding hydrogens is 465 g/mol. The summed E-state index contributed by atoms with van der Waals surface area (Å²) in [6.07, 6.45) is 11.3. The first-order valence-electron chi connectivity index (χ1n) is 10.8. The minimum atomic E-state index is -0.228. The fraction of sp³-hybridized carbons (Fsp3) is 0.696. The van der Waals surface area contributed by atoms with E-state index in [4.69, 9.17) is 9.47 Å². The average Bonchev–Trinajstić information content (AvgIpc) is 2.69. The standard InChI is InChI=1S/C23H36NO3.HI/c1-19-9-6-7-16-24(19,2)17-8-18-26-23(25)20-12-14-22(15-13-20)27-21-10-4-3-5-11-21;/h12-15,19,21H,3-11,16-18H2,1-2H3;1H/q+1;/p-1. The van der Waals surface area contributed by atoms with Crippen LogP contribution in [0.5, 0.6) is 5.75 Å². The van der Waals surface area contributed by atoms with Crippen LogP contribution in [-0.4, -0.2) is 49.3 Å². The molecule has 4 nitrogen and oxygen atoms in total. The van der Waals surface area contributed by atoms with E-state index < -0.39 is 0 Å². The normalized spacial score (nSPS) is 25.6. The van der Waals surface area contributed by atoms with Gasteiger partial charge in [0.15, 0.2) is 0 Å². The van der Waals surface area contributed by atoms with Gasteiger partial charge in [-0.25, -0.2) is 4.79 Å². The van der Waals surface area contributed by atoms with Crippen molar-refractivity contribution >= 4 is 5.97 Å². The lowest BCUT2D eigenvalue weighted by molar-refractivity contribution is -0.936. The van der Waals surface area contributed by atoms with Crippen LogP contribution in [0.4, 0.5) is 0 Å². The largest absolute Gasteiger partial charge is 1.00 e. The van der Waals surface area contributed by atoms with Gasteiger partial charge in [-0.15, -0.1) is 0 Å². The summed E-state index contributed by atoms with van der Waals surface area (Å²) in [5.74, 6) is 0.628. The number of benzene rings is 1. The molecule has 1 aliphatic heterocycles. The van der Waals surface area contributed by atoms with E-state index in [1.807, 2.05) is 24.3 Å². The van der Waals surface area contributed by atoms with Gasteiger partial charge in [-0.05, 0) is 76.1 Å². The molecule has 1 aliphatic carbocycles. The predicted molar refractivity (Wildman–Crippen MR) is 108 cm³/mol. The Bertz CT molecular complexity index is 600. The van der Waals surface area contributed by atoms with E-state index in [1.54, 1.807) is 0 Å². The monoisotopic (exact) mass is 501 g/mol. The van der Waals surface area contributed by atoms with Crippen molar-refractivity contribution < 1.29 is 42.7 Å². The Balaban J connectivity index is 0.00000280. The molecule has 0 amide bonds. The topological polar surface area (TPSA) is 35.5 Å². The minimum absolute atomic E-state index is 0. The number of carbonyl (C=O) groups is 1. The van der Waals surface area contributed by atoms with Gasteiger partial charge in [0.05, 0.1) is 44.5 Å². The van der Waals surface area contributed by atoms with Crippen LogP contribution < -0.4 is 28.7 Å². The van der Waals surface area contributed by atoms with Crippen LogP contribution in [0.1, 0.15) is 75.1 Å². The van der Waals surface area contributed by atoms with E-state index >= 15 is 0 Å². The Labute approximate surface area is 187 Å². The van der Waals surface area contributed by atoms with Crippen molar-refractivity contribution in [2.75, 3.05) is 26.7 Å². The van der Waals surface area contributed by atoms with Crippen molar-refractivity contribution in [3.8, 4) is 5.75 Å². The van der Waals surface area contributed by atoms with E-state index in [2.05, 4.69) is 14.0 Å². The summed E-state index contributed by atoms with van der Waals surface area (Å²) in [7, 11) is 2.34. The van der Waals surface area contributed by atoms with Gasteiger partial charge in [0.25, 0.3) is 0 Å². The maximum absolute atomic E-state index is 12.3. The zero-order chi connectivity index (χ0) is 19.1. The molecule has 158 valence electrons. The number of ether oxygens (including phenoxy) is 2. The molecule has 2 unspecified atom stereocenters. The summed E-state index contributed by atoms with van der Waals surface area (Å²) >= 11 is 0. The fourth-order valence-corrected chi connectivity index (χ4v) is 4.50. The van der Waals surface area contributed by atoms with E-state index in [-0.39, 0.29) is 29.9 Å². The van der Waals surface area contributed by atoms with E-state index in [1.165, 1.54) is 45.1 Å². The second kappa shape index (κ2) is 11.4. The van der Waals surface area contributed by atoms with E-state index in [9.17, 15) is 4.79 Å². The molecule has 5 heteroatoms. The van der Waals surface area contributed by atoms with Crippen molar-refractivity contribution in [3.63, 3.8) is 0 Å². The number of carbonyl (C=O) groups excluding carboxylic acids is 1. The van der Waals surface area contributed by atoms with E-state index in [0.29, 0.717) is 24.3 Å². The highest BCUT2D eigenvalue weighted by atomic mass is 127. The molecule has 0 bridgehead atoms. The Kier molecular flexibility index (Phi) is 9.54. The van der Waals surface area contributed by atoms with Crippen LogP contribution in [0.15, 0.2) is 24.3 Å². The highest BCUT2D eigenvalue weighted by Gasteiger charge is 2.31. The van der Waals surface area contributed by atoms with Crippen molar-refractivity contribution in [1.29, 1.82) is 0 Å². The number of nitrogens with zero attached hydrogens (tertiary/aromatic N) is 1. The number of piperidine rings is 1. The average molecular weight is 501 g/mol. The van der Waals surface area contributed by atoms with Crippen LogP contribution in [0, 0.1) is 0 Å². The van der Waals surface area contributed by atoms with Crippen molar-refractivity contribution in [3.05, 3.63) is 29.8 Å². The summed E-state index contributed by atoms with van der Waals surface area (Å²) < 4.78 is 12.6. The highest BCUT2D eigenvalue weighted by molar-refractivity contribution is 5.89. The molecule has 1 heterocycles. The molecule has 3 rings (SSSR count). The fourth-order valence-electron chi connectivity index (χ4n) is 4.50. The first kappa shape index (κ1) is 23.5. The molecule has 28 heavy (non-hydrogen) atoms. The molecule has 0 aromatic heterocycles. The number of esters is 1. The maximum atomic E-state index is 12.3. The van der Waals surface area contributed by atoms with Crippen LogP contribution in [0.25, 0.3) is 0 Å². The summed E-state index contributed by atoms with van der Waals surface area (Å²) in [5, 5.41) is 0. The van der Waals surface area contributed by atoms with Gasteiger partial charge in [-0.1, -0.05) is 6.42 Å². The van der Waals surface area contributed by atoms with Gasteiger partial charge in [-0.2, -0.15) is 0 Å².